The van der Waals surface area contributed by atoms with Crippen LogP contribution in [0.2, 0.25) is 0 Å². The molecule has 0 aliphatic carbocycles. The molecule has 0 atom stereocenters. The summed E-state index contributed by atoms with van der Waals surface area (Å²) in [5.41, 5.74) is 4.30. The number of rotatable bonds is 6. The molecule has 0 aliphatic rings. The predicted octanol–water partition coefficient (Wildman–Crippen LogP) is 4.42. The molecule has 0 unspecified atom stereocenters. The van der Waals surface area contributed by atoms with E-state index in [1.165, 1.54) is 5.56 Å². The Hall–Kier alpha value is -2.29. The van der Waals surface area contributed by atoms with Gasteiger partial charge in [0.05, 0.1) is 6.54 Å². The van der Waals surface area contributed by atoms with Gasteiger partial charge < -0.3 is 10.6 Å². The van der Waals surface area contributed by atoms with E-state index in [-0.39, 0.29) is 12.5 Å². The molecule has 0 bridgehead atoms. The van der Waals surface area contributed by atoms with Crippen molar-refractivity contribution in [2.24, 2.45) is 0 Å². The molecule has 2 N–H and O–H groups in total. The molecule has 0 aromatic heterocycles. The van der Waals surface area contributed by atoms with E-state index in [1.54, 1.807) is 0 Å². The van der Waals surface area contributed by atoms with Gasteiger partial charge in [0.2, 0.25) is 5.91 Å². The summed E-state index contributed by atoms with van der Waals surface area (Å²) in [5, 5.41) is 6.22. The number of nitrogens with one attached hydrogen (secondary N) is 2. The third-order valence-electron chi connectivity index (χ3n) is 3.69. The van der Waals surface area contributed by atoms with Crippen LogP contribution in [0.15, 0.2) is 48.5 Å². The van der Waals surface area contributed by atoms with Gasteiger partial charge in [0.25, 0.3) is 0 Å². The molecular weight excluding hydrogens is 272 g/mol. The van der Waals surface area contributed by atoms with Gasteiger partial charge in [-0.1, -0.05) is 57.2 Å². The number of carbonyl (C=O) groups is 1. The van der Waals surface area contributed by atoms with Crippen molar-refractivity contribution in [1.29, 1.82) is 0 Å². The van der Waals surface area contributed by atoms with Gasteiger partial charge in [-0.25, -0.2) is 0 Å². The largest absolute Gasteiger partial charge is 0.376 e. The van der Waals surface area contributed by atoms with Gasteiger partial charge in [0.1, 0.15) is 0 Å². The first-order valence-corrected chi connectivity index (χ1v) is 7.82. The minimum atomic E-state index is -0.0283. The van der Waals surface area contributed by atoms with Crippen LogP contribution in [0.5, 0.6) is 0 Å². The smallest absolute Gasteiger partial charge is 0.243 e. The van der Waals surface area contributed by atoms with Crippen LogP contribution in [0.25, 0.3) is 0 Å². The van der Waals surface area contributed by atoms with E-state index in [9.17, 15) is 4.79 Å². The molecule has 0 aliphatic heterocycles. The van der Waals surface area contributed by atoms with Crippen LogP contribution >= 0.6 is 0 Å². The second-order valence-corrected chi connectivity index (χ2v) is 5.65. The minimum absolute atomic E-state index is 0.0283. The Kier molecular flexibility index (Phi) is 5.59. The molecule has 2 aromatic carbocycles. The topological polar surface area (TPSA) is 41.1 Å². The zero-order valence-electron chi connectivity index (χ0n) is 13.5. The number of carbonyl (C=O) groups excluding carboxylic acids is 1. The van der Waals surface area contributed by atoms with Crippen molar-refractivity contribution in [1.82, 2.24) is 0 Å². The van der Waals surface area contributed by atoms with E-state index in [0.717, 1.165) is 23.4 Å². The van der Waals surface area contributed by atoms with Crippen LogP contribution in [-0.2, 0) is 11.2 Å². The molecule has 22 heavy (non-hydrogen) atoms. The summed E-state index contributed by atoms with van der Waals surface area (Å²) in [5.74, 6) is 0.395. The van der Waals surface area contributed by atoms with Gasteiger partial charge in [-0.05, 0) is 35.6 Å². The summed E-state index contributed by atoms with van der Waals surface area (Å²) in [6.45, 7) is 6.65. The summed E-state index contributed by atoms with van der Waals surface area (Å²) in [7, 11) is 0. The molecule has 0 radical (unpaired) electrons. The SMILES string of the molecule is CCc1ccccc1NC(=O)CNc1ccccc1C(C)C. The first kappa shape index (κ1) is 16.1. The van der Waals surface area contributed by atoms with Crippen molar-refractivity contribution in [3.05, 3.63) is 59.7 Å². The van der Waals surface area contributed by atoms with Crippen LogP contribution in [0.1, 0.15) is 37.8 Å². The quantitative estimate of drug-likeness (QED) is 0.828. The lowest BCUT2D eigenvalue weighted by Gasteiger charge is -2.15. The van der Waals surface area contributed by atoms with Crippen molar-refractivity contribution in [2.75, 3.05) is 17.2 Å². The lowest BCUT2D eigenvalue weighted by Crippen LogP contribution is -2.22. The maximum Gasteiger partial charge on any atom is 0.243 e. The van der Waals surface area contributed by atoms with Gasteiger partial charge in [-0.3, -0.25) is 4.79 Å². The molecular formula is C19H24N2O. The average molecular weight is 296 g/mol. The fourth-order valence-corrected chi connectivity index (χ4v) is 2.48. The number of para-hydroxylation sites is 2. The van der Waals surface area contributed by atoms with Crippen molar-refractivity contribution in [2.45, 2.75) is 33.1 Å². The number of hydrogen-bond donors (Lipinski definition) is 2. The summed E-state index contributed by atoms with van der Waals surface area (Å²) < 4.78 is 0. The van der Waals surface area contributed by atoms with Gasteiger partial charge in [0.15, 0.2) is 0 Å². The normalized spacial score (nSPS) is 10.5. The fraction of sp³-hybridized carbons (Fsp3) is 0.316. The lowest BCUT2D eigenvalue weighted by molar-refractivity contribution is -0.114. The zero-order chi connectivity index (χ0) is 15.9. The predicted molar refractivity (Wildman–Crippen MR) is 93.5 cm³/mol. The number of hydrogen-bond acceptors (Lipinski definition) is 2. The van der Waals surface area contributed by atoms with Crippen LogP contribution in [-0.4, -0.2) is 12.5 Å². The Balaban J connectivity index is 1.99. The number of benzene rings is 2. The molecule has 2 aromatic rings. The van der Waals surface area contributed by atoms with Crippen LogP contribution in [0.4, 0.5) is 11.4 Å². The maximum absolute atomic E-state index is 12.2. The highest BCUT2D eigenvalue weighted by Crippen LogP contribution is 2.23. The number of anilines is 2. The first-order chi connectivity index (χ1) is 10.6. The van der Waals surface area contributed by atoms with Crippen molar-refractivity contribution in [3.8, 4) is 0 Å². The monoisotopic (exact) mass is 296 g/mol. The summed E-state index contributed by atoms with van der Waals surface area (Å²) in [6.07, 6.45) is 0.903. The highest BCUT2D eigenvalue weighted by Gasteiger charge is 2.08. The van der Waals surface area contributed by atoms with Crippen molar-refractivity contribution < 1.29 is 4.79 Å². The molecule has 0 fully saturated rings. The van der Waals surface area contributed by atoms with E-state index in [4.69, 9.17) is 0 Å². The van der Waals surface area contributed by atoms with Gasteiger partial charge in [-0.2, -0.15) is 0 Å². The van der Waals surface area contributed by atoms with Crippen LogP contribution in [0, 0.1) is 0 Å². The third kappa shape index (κ3) is 4.10. The second kappa shape index (κ2) is 7.64. The van der Waals surface area contributed by atoms with Crippen LogP contribution in [0.3, 0.4) is 0 Å². The van der Waals surface area contributed by atoms with Crippen molar-refractivity contribution >= 4 is 17.3 Å². The Labute approximate surface area is 132 Å². The Morgan fingerprint density at radius 3 is 2.32 bits per heavy atom. The van der Waals surface area contributed by atoms with Crippen LogP contribution < -0.4 is 10.6 Å². The standard InChI is InChI=1S/C19H24N2O/c1-4-15-9-5-7-11-17(15)21-19(22)13-20-18-12-8-6-10-16(18)14(2)3/h5-12,14,20H,4,13H2,1-3H3,(H,21,22). The number of amides is 1. The highest BCUT2D eigenvalue weighted by atomic mass is 16.1. The number of aryl methyl sites for hydroxylation is 1. The molecule has 0 heterocycles. The zero-order valence-corrected chi connectivity index (χ0v) is 13.5. The van der Waals surface area contributed by atoms with Crippen molar-refractivity contribution in [3.63, 3.8) is 0 Å². The first-order valence-electron chi connectivity index (χ1n) is 7.82. The maximum atomic E-state index is 12.2. The van der Waals surface area contributed by atoms with E-state index < -0.39 is 0 Å². The molecule has 3 nitrogen and oxygen atoms in total. The van der Waals surface area contributed by atoms with Gasteiger partial charge in [-0.15, -0.1) is 0 Å². The summed E-state index contributed by atoms with van der Waals surface area (Å²) >= 11 is 0. The molecule has 0 spiro atoms. The van der Waals surface area contributed by atoms with E-state index in [1.807, 2.05) is 42.5 Å². The lowest BCUT2D eigenvalue weighted by atomic mass is 10.0. The summed E-state index contributed by atoms with van der Waals surface area (Å²) in [6, 6.07) is 16.0. The Morgan fingerprint density at radius 1 is 1.00 bits per heavy atom. The molecule has 0 saturated carbocycles. The average Bonchev–Trinajstić information content (AvgIpc) is 2.53. The third-order valence-corrected chi connectivity index (χ3v) is 3.69. The molecule has 2 rings (SSSR count). The summed E-state index contributed by atoms with van der Waals surface area (Å²) in [4.78, 5) is 12.2. The van der Waals surface area contributed by atoms with E-state index in [2.05, 4.69) is 37.5 Å². The minimum Gasteiger partial charge on any atom is -0.376 e. The highest BCUT2D eigenvalue weighted by molar-refractivity contribution is 5.94. The fourth-order valence-electron chi connectivity index (χ4n) is 2.48. The molecule has 3 heteroatoms. The molecule has 116 valence electrons. The molecule has 0 saturated heterocycles. The Bertz CT molecular complexity index is 635. The Morgan fingerprint density at radius 2 is 1.64 bits per heavy atom. The molecule has 1 amide bonds. The van der Waals surface area contributed by atoms with Gasteiger partial charge in [0, 0.05) is 11.4 Å². The van der Waals surface area contributed by atoms with Gasteiger partial charge >= 0.3 is 0 Å². The van der Waals surface area contributed by atoms with E-state index in [0.29, 0.717) is 5.92 Å². The van der Waals surface area contributed by atoms with E-state index >= 15 is 0 Å². The second-order valence-electron chi connectivity index (χ2n) is 5.65.